The second kappa shape index (κ2) is 7.81. The number of fused-ring (bicyclic) bond motifs is 1. The normalized spacial score (nSPS) is 13.2. The number of carbonyl (C=O) groups excluding carboxylic acids is 1. The molecule has 0 fully saturated rings. The summed E-state index contributed by atoms with van der Waals surface area (Å²) in [6.45, 7) is 2.31. The Kier molecular flexibility index (Phi) is 5.30. The molecule has 162 valence electrons. The zero-order chi connectivity index (χ0) is 22.3. The van der Waals surface area contributed by atoms with E-state index in [0.717, 1.165) is 4.68 Å². The Morgan fingerprint density at radius 3 is 2.52 bits per heavy atom. The van der Waals surface area contributed by atoms with Crippen molar-refractivity contribution in [2.45, 2.75) is 13.1 Å². The Labute approximate surface area is 180 Å². The highest BCUT2D eigenvalue weighted by molar-refractivity contribution is 6.32. The first-order valence-corrected chi connectivity index (χ1v) is 9.65. The largest absolute Gasteiger partial charge is 0.486 e. The van der Waals surface area contributed by atoms with E-state index in [-0.39, 0.29) is 22.9 Å². The van der Waals surface area contributed by atoms with Gasteiger partial charge in [-0.2, -0.15) is 18.3 Å². The van der Waals surface area contributed by atoms with Crippen LogP contribution in [0.25, 0.3) is 5.69 Å². The first-order valence-electron chi connectivity index (χ1n) is 9.27. The maximum atomic E-state index is 13.1. The minimum atomic E-state index is -4.68. The third-order valence-electron chi connectivity index (χ3n) is 4.87. The fraction of sp³-hybridized carbons (Fsp3) is 0.238. The molecule has 1 aliphatic heterocycles. The Bertz CT molecular complexity index is 1160. The molecule has 1 amide bonds. The van der Waals surface area contributed by atoms with Crippen LogP contribution in [-0.4, -0.2) is 35.9 Å². The third kappa shape index (κ3) is 3.93. The van der Waals surface area contributed by atoms with Gasteiger partial charge in [-0.15, -0.1) is 0 Å². The van der Waals surface area contributed by atoms with Crippen molar-refractivity contribution in [2.75, 3.05) is 25.2 Å². The number of alkyl halides is 3. The summed E-state index contributed by atoms with van der Waals surface area (Å²) in [4.78, 5) is 14.4. The van der Waals surface area contributed by atoms with Crippen LogP contribution in [-0.2, 0) is 6.18 Å². The highest BCUT2D eigenvalue weighted by Gasteiger charge is 2.38. The summed E-state index contributed by atoms with van der Waals surface area (Å²) in [5, 5.41) is 3.13. The molecule has 10 heteroatoms. The zero-order valence-electron chi connectivity index (χ0n) is 16.5. The van der Waals surface area contributed by atoms with E-state index in [2.05, 4.69) is 5.10 Å². The molecule has 0 saturated heterocycles. The second-order valence-electron chi connectivity index (χ2n) is 6.90. The quantitative estimate of drug-likeness (QED) is 0.568. The van der Waals surface area contributed by atoms with Crippen molar-refractivity contribution in [1.82, 2.24) is 9.78 Å². The topological polar surface area (TPSA) is 56.6 Å². The highest BCUT2D eigenvalue weighted by Crippen LogP contribution is 2.37. The van der Waals surface area contributed by atoms with E-state index in [1.54, 1.807) is 43.4 Å². The lowest BCUT2D eigenvalue weighted by molar-refractivity contribution is -0.141. The minimum absolute atomic E-state index is 0.124. The molecule has 1 aliphatic rings. The van der Waals surface area contributed by atoms with Crippen LogP contribution in [0.3, 0.4) is 0 Å². The number of ether oxygens (including phenoxy) is 2. The molecule has 0 spiro atoms. The van der Waals surface area contributed by atoms with Crippen LogP contribution in [0, 0.1) is 6.92 Å². The summed E-state index contributed by atoms with van der Waals surface area (Å²) >= 11 is 5.84. The van der Waals surface area contributed by atoms with Crippen molar-refractivity contribution >= 4 is 23.2 Å². The van der Waals surface area contributed by atoms with Crippen molar-refractivity contribution in [2.24, 2.45) is 0 Å². The van der Waals surface area contributed by atoms with Crippen LogP contribution in [0.5, 0.6) is 11.5 Å². The van der Waals surface area contributed by atoms with Crippen LogP contribution >= 0.6 is 11.6 Å². The van der Waals surface area contributed by atoms with Crippen LogP contribution in [0.1, 0.15) is 21.7 Å². The van der Waals surface area contributed by atoms with Gasteiger partial charge in [0, 0.05) is 24.4 Å². The van der Waals surface area contributed by atoms with Gasteiger partial charge >= 0.3 is 6.18 Å². The van der Waals surface area contributed by atoms with Gasteiger partial charge in [-0.05, 0) is 37.3 Å². The van der Waals surface area contributed by atoms with Gasteiger partial charge in [0.15, 0.2) is 17.2 Å². The molecule has 6 nitrogen and oxygen atoms in total. The number of hydrogen-bond acceptors (Lipinski definition) is 4. The Morgan fingerprint density at radius 2 is 1.84 bits per heavy atom. The average Bonchev–Trinajstić information content (AvgIpc) is 3.07. The monoisotopic (exact) mass is 451 g/mol. The van der Waals surface area contributed by atoms with E-state index < -0.39 is 16.9 Å². The number of aromatic nitrogens is 2. The number of nitrogens with zero attached hydrogens (tertiary/aromatic N) is 3. The maximum Gasteiger partial charge on any atom is 0.436 e. The summed E-state index contributed by atoms with van der Waals surface area (Å²) in [6.07, 6.45) is -4.68. The van der Waals surface area contributed by atoms with Crippen molar-refractivity contribution in [1.29, 1.82) is 0 Å². The lowest BCUT2D eigenvalue weighted by Crippen LogP contribution is -2.26. The average molecular weight is 452 g/mol. The fourth-order valence-electron chi connectivity index (χ4n) is 3.24. The van der Waals surface area contributed by atoms with E-state index in [9.17, 15) is 18.0 Å². The third-order valence-corrected chi connectivity index (χ3v) is 5.32. The summed E-state index contributed by atoms with van der Waals surface area (Å²) in [5.74, 6) is 0.786. The number of hydrogen-bond donors (Lipinski definition) is 0. The van der Waals surface area contributed by atoms with Gasteiger partial charge in [-0.3, -0.25) is 4.79 Å². The molecular formula is C21H17ClF3N3O3. The number of anilines is 1. The smallest absolute Gasteiger partial charge is 0.436 e. The SMILES string of the molecule is Cc1c(Cl)c(C(F)(F)F)nn1-c1cccc(C(=O)N(C)c2ccc3c(c2)OCCO3)c1. The van der Waals surface area contributed by atoms with Gasteiger partial charge in [0.25, 0.3) is 5.91 Å². The predicted octanol–water partition coefficient (Wildman–Crippen LogP) is 4.90. The molecule has 3 aromatic rings. The van der Waals surface area contributed by atoms with Gasteiger partial charge in [0.05, 0.1) is 16.4 Å². The van der Waals surface area contributed by atoms with Gasteiger partial charge in [-0.1, -0.05) is 17.7 Å². The molecule has 1 aromatic heterocycles. The van der Waals surface area contributed by atoms with Crippen molar-refractivity contribution in [3.05, 3.63) is 64.4 Å². The van der Waals surface area contributed by atoms with Crippen LogP contribution in [0.4, 0.5) is 18.9 Å². The first-order chi connectivity index (χ1) is 14.7. The Morgan fingerprint density at radius 1 is 1.13 bits per heavy atom. The van der Waals surface area contributed by atoms with E-state index in [1.165, 1.54) is 17.9 Å². The molecule has 2 aromatic carbocycles. The van der Waals surface area contributed by atoms with E-state index in [4.69, 9.17) is 21.1 Å². The second-order valence-corrected chi connectivity index (χ2v) is 7.28. The van der Waals surface area contributed by atoms with Gasteiger partial charge in [0.2, 0.25) is 0 Å². The molecule has 0 bridgehead atoms. The van der Waals surface area contributed by atoms with Crippen LogP contribution < -0.4 is 14.4 Å². The Balaban J connectivity index is 1.65. The van der Waals surface area contributed by atoms with E-state index in [1.807, 2.05) is 0 Å². The summed E-state index contributed by atoms with van der Waals surface area (Å²) < 4.78 is 51.5. The fourth-order valence-corrected chi connectivity index (χ4v) is 3.46. The number of halogens is 4. The lowest BCUT2D eigenvalue weighted by Gasteiger charge is -2.22. The number of carbonyl (C=O) groups is 1. The molecule has 0 unspecified atom stereocenters. The maximum absolute atomic E-state index is 13.1. The predicted molar refractivity (Wildman–Crippen MR) is 108 cm³/mol. The Hall–Kier alpha value is -3.20. The van der Waals surface area contributed by atoms with E-state index >= 15 is 0 Å². The number of amides is 1. The number of rotatable bonds is 3. The zero-order valence-corrected chi connectivity index (χ0v) is 17.3. The van der Waals surface area contributed by atoms with E-state index in [0.29, 0.717) is 30.4 Å². The standard InChI is InChI=1S/C21H17ClF3N3O3/c1-12-18(22)19(21(23,24)25)26-28(12)15-5-3-4-13(10-15)20(29)27(2)14-6-7-16-17(11-14)31-9-8-30-16/h3-7,10-11H,8-9H2,1-2H3. The summed E-state index contributed by atoms with van der Waals surface area (Å²) in [7, 11) is 1.60. The van der Waals surface area contributed by atoms with Crippen LogP contribution in [0.2, 0.25) is 5.02 Å². The summed E-state index contributed by atoms with van der Waals surface area (Å²) in [5.41, 5.74) is 0.0960. The summed E-state index contributed by atoms with van der Waals surface area (Å²) in [6, 6.07) is 11.3. The van der Waals surface area contributed by atoms with Gasteiger partial charge in [0.1, 0.15) is 13.2 Å². The molecule has 0 atom stereocenters. The van der Waals surface area contributed by atoms with Crippen molar-refractivity contribution < 1.29 is 27.4 Å². The molecule has 31 heavy (non-hydrogen) atoms. The first kappa shape index (κ1) is 21.0. The van der Waals surface area contributed by atoms with Gasteiger partial charge < -0.3 is 14.4 Å². The lowest BCUT2D eigenvalue weighted by atomic mass is 10.1. The molecule has 4 rings (SSSR count). The minimum Gasteiger partial charge on any atom is -0.486 e. The molecule has 0 N–H and O–H groups in total. The van der Waals surface area contributed by atoms with Crippen molar-refractivity contribution in [3.63, 3.8) is 0 Å². The highest BCUT2D eigenvalue weighted by atomic mass is 35.5. The molecule has 0 saturated carbocycles. The molecule has 0 radical (unpaired) electrons. The number of benzene rings is 2. The molecular weight excluding hydrogens is 435 g/mol. The molecule has 2 heterocycles. The van der Waals surface area contributed by atoms with Crippen molar-refractivity contribution in [3.8, 4) is 17.2 Å². The van der Waals surface area contributed by atoms with Crippen LogP contribution in [0.15, 0.2) is 42.5 Å². The van der Waals surface area contributed by atoms with Gasteiger partial charge in [-0.25, -0.2) is 4.68 Å². The molecule has 0 aliphatic carbocycles.